The molecule has 0 saturated carbocycles. The lowest BCUT2D eigenvalue weighted by Crippen LogP contribution is -2.35. The number of hydrogen-bond donors (Lipinski definition) is 1. The fraction of sp³-hybridized carbons (Fsp3) is 0.333. The van der Waals surface area contributed by atoms with Gasteiger partial charge in [-0.15, -0.1) is 11.6 Å². The number of amides is 1. The third kappa shape index (κ3) is 6.28. The number of nitrogens with one attached hydrogen (secondary N) is 1. The highest BCUT2D eigenvalue weighted by Gasteiger charge is 2.43. The van der Waals surface area contributed by atoms with Crippen molar-refractivity contribution < 1.29 is 27.5 Å². The van der Waals surface area contributed by atoms with Crippen LogP contribution < -0.4 is 10.1 Å². The average molecular weight is 497 g/mol. The molecule has 2 rings (SSSR count). The number of carbonyl (C=O) groups is 2. The molecule has 0 radical (unpaired) electrons. The van der Waals surface area contributed by atoms with Gasteiger partial charge in [0, 0.05) is 17.0 Å². The maximum atomic E-state index is 12.3. The molecule has 0 unspecified atom stereocenters. The van der Waals surface area contributed by atoms with E-state index in [-0.39, 0.29) is 5.69 Å². The van der Waals surface area contributed by atoms with Crippen molar-refractivity contribution in [2.75, 3.05) is 17.8 Å². The Balaban J connectivity index is 2.22. The number of halogens is 6. The molecule has 0 heterocycles. The second-order valence-electron chi connectivity index (χ2n) is 7.14. The summed E-state index contributed by atoms with van der Waals surface area (Å²) in [5.74, 6) is -3.40. The van der Waals surface area contributed by atoms with Crippen molar-refractivity contribution in [3.63, 3.8) is 0 Å². The fourth-order valence-corrected chi connectivity index (χ4v) is 3.45. The van der Waals surface area contributed by atoms with Crippen LogP contribution in [0.1, 0.15) is 31.4 Å². The van der Waals surface area contributed by atoms with Crippen molar-refractivity contribution in [3.05, 3.63) is 57.6 Å². The first-order valence-electron chi connectivity index (χ1n) is 9.09. The van der Waals surface area contributed by atoms with Crippen LogP contribution in [-0.4, -0.2) is 30.4 Å². The predicted molar refractivity (Wildman–Crippen MR) is 116 cm³/mol. The SMILES string of the molecule is CC(C)(c1ccc(NC(=O)C(=O)C(F)(F)F)cc1)c1cc(Cl)c(OCCCCl)c(Cl)c1. The number of anilines is 1. The van der Waals surface area contributed by atoms with Gasteiger partial charge >= 0.3 is 17.9 Å². The number of carbonyl (C=O) groups excluding carboxylic acids is 2. The van der Waals surface area contributed by atoms with Crippen LogP contribution >= 0.6 is 34.8 Å². The Bertz CT molecular complexity index is 938. The highest BCUT2D eigenvalue weighted by molar-refractivity contribution is 6.42. The van der Waals surface area contributed by atoms with Crippen LogP contribution in [0.25, 0.3) is 0 Å². The summed E-state index contributed by atoms with van der Waals surface area (Å²) in [5, 5.41) is 2.61. The van der Waals surface area contributed by atoms with Crippen molar-refractivity contribution in [1.82, 2.24) is 0 Å². The van der Waals surface area contributed by atoms with Crippen molar-refractivity contribution in [2.45, 2.75) is 31.9 Å². The molecule has 0 atom stereocenters. The second kappa shape index (κ2) is 10.1. The first-order valence-corrected chi connectivity index (χ1v) is 10.4. The van der Waals surface area contributed by atoms with Gasteiger partial charge in [-0.1, -0.05) is 49.2 Å². The van der Waals surface area contributed by atoms with Crippen LogP contribution in [0, 0.1) is 0 Å². The van der Waals surface area contributed by atoms with Crippen LogP contribution in [0.2, 0.25) is 10.0 Å². The van der Waals surface area contributed by atoms with Crippen LogP contribution in [0.15, 0.2) is 36.4 Å². The number of benzene rings is 2. The molecular weight excluding hydrogens is 478 g/mol. The molecule has 1 amide bonds. The molecule has 0 aliphatic heterocycles. The molecular formula is C21H19Cl3F3NO3. The van der Waals surface area contributed by atoms with E-state index in [2.05, 4.69) is 0 Å². The van der Waals surface area contributed by atoms with Crippen molar-refractivity contribution in [3.8, 4) is 5.75 Å². The van der Waals surface area contributed by atoms with Gasteiger partial charge in [-0.3, -0.25) is 9.59 Å². The van der Waals surface area contributed by atoms with Crippen molar-refractivity contribution in [1.29, 1.82) is 0 Å². The Morgan fingerprint density at radius 2 is 1.55 bits per heavy atom. The Hall–Kier alpha value is -1.96. The van der Waals surface area contributed by atoms with Gasteiger partial charge in [0.15, 0.2) is 5.75 Å². The zero-order chi connectivity index (χ0) is 23.4. The summed E-state index contributed by atoms with van der Waals surface area (Å²) in [6.45, 7) is 4.18. The van der Waals surface area contributed by atoms with E-state index in [9.17, 15) is 22.8 Å². The van der Waals surface area contributed by atoms with Gasteiger partial charge < -0.3 is 10.1 Å². The highest BCUT2D eigenvalue weighted by Crippen LogP contribution is 2.40. The van der Waals surface area contributed by atoms with Gasteiger partial charge in [-0.25, -0.2) is 0 Å². The minimum Gasteiger partial charge on any atom is -0.490 e. The number of Topliss-reactive ketones (excluding diaryl/α,β-unsaturated/α-hetero) is 1. The molecule has 31 heavy (non-hydrogen) atoms. The van der Waals surface area contributed by atoms with E-state index >= 15 is 0 Å². The average Bonchev–Trinajstić information content (AvgIpc) is 2.69. The molecule has 2 aromatic carbocycles. The van der Waals surface area contributed by atoms with E-state index in [0.717, 1.165) is 11.1 Å². The van der Waals surface area contributed by atoms with E-state index in [1.807, 2.05) is 19.2 Å². The minimum absolute atomic E-state index is 0.0567. The fourth-order valence-electron chi connectivity index (χ4n) is 2.74. The number of ketones is 1. The lowest BCUT2D eigenvalue weighted by Gasteiger charge is -2.27. The number of rotatable bonds is 8. The molecule has 0 aromatic heterocycles. The van der Waals surface area contributed by atoms with Gasteiger partial charge in [0.05, 0.1) is 16.7 Å². The predicted octanol–water partition coefficient (Wildman–Crippen LogP) is 6.40. The number of ether oxygens (including phenoxy) is 1. The van der Waals surface area contributed by atoms with Crippen LogP contribution in [0.3, 0.4) is 0 Å². The van der Waals surface area contributed by atoms with E-state index in [1.54, 1.807) is 24.3 Å². The quantitative estimate of drug-likeness (QED) is 0.261. The third-order valence-electron chi connectivity index (χ3n) is 4.57. The summed E-state index contributed by atoms with van der Waals surface area (Å²) in [5.41, 5.74) is 1.01. The normalized spacial score (nSPS) is 11.9. The van der Waals surface area contributed by atoms with Gasteiger partial charge in [0.1, 0.15) is 0 Å². The zero-order valence-corrected chi connectivity index (χ0v) is 18.8. The summed E-state index contributed by atoms with van der Waals surface area (Å²) in [6.07, 6.45) is -4.59. The Morgan fingerprint density at radius 1 is 1.00 bits per heavy atom. The van der Waals surface area contributed by atoms with Gasteiger partial charge in [0.2, 0.25) is 0 Å². The van der Waals surface area contributed by atoms with Gasteiger partial charge in [-0.2, -0.15) is 13.2 Å². The first-order chi connectivity index (χ1) is 14.4. The lowest BCUT2D eigenvalue weighted by molar-refractivity contribution is -0.173. The Morgan fingerprint density at radius 3 is 2.03 bits per heavy atom. The number of alkyl halides is 4. The summed E-state index contributed by atoms with van der Waals surface area (Å²) < 4.78 is 42.6. The van der Waals surface area contributed by atoms with Gasteiger partial charge in [-0.05, 0) is 41.8 Å². The lowest BCUT2D eigenvalue weighted by atomic mass is 9.78. The summed E-state index contributed by atoms with van der Waals surface area (Å²) in [7, 11) is 0. The molecule has 0 fully saturated rings. The molecule has 0 bridgehead atoms. The van der Waals surface area contributed by atoms with Crippen LogP contribution in [0.4, 0.5) is 18.9 Å². The zero-order valence-electron chi connectivity index (χ0n) is 16.6. The maximum Gasteiger partial charge on any atom is 0.460 e. The second-order valence-corrected chi connectivity index (χ2v) is 8.34. The molecule has 2 aromatic rings. The smallest absolute Gasteiger partial charge is 0.460 e. The molecule has 0 aliphatic rings. The Labute approximate surface area is 192 Å². The van der Waals surface area contributed by atoms with Crippen molar-refractivity contribution >= 4 is 52.2 Å². The van der Waals surface area contributed by atoms with E-state index < -0.39 is 23.3 Å². The molecule has 10 heteroatoms. The monoisotopic (exact) mass is 495 g/mol. The largest absolute Gasteiger partial charge is 0.490 e. The topological polar surface area (TPSA) is 55.4 Å². The number of hydrogen-bond acceptors (Lipinski definition) is 3. The summed E-state index contributed by atoms with van der Waals surface area (Å²) in [6, 6.07) is 9.51. The molecule has 0 spiro atoms. The molecule has 1 N–H and O–H groups in total. The molecule has 0 saturated heterocycles. The molecule has 0 aliphatic carbocycles. The summed E-state index contributed by atoms with van der Waals surface area (Å²) >= 11 is 18.3. The van der Waals surface area contributed by atoms with Crippen molar-refractivity contribution in [2.24, 2.45) is 0 Å². The Kier molecular flexibility index (Phi) is 8.25. The van der Waals surface area contributed by atoms with E-state index in [1.165, 1.54) is 12.1 Å². The third-order valence-corrected chi connectivity index (χ3v) is 5.40. The standard InChI is InChI=1S/C21H19Cl3F3NO3/c1-20(2,13-10-15(23)17(16(24)11-13)31-9-3-8-22)12-4-6-14(7-5-12)28-19(30)18(29)21(25,26)27/h4-7,10-11H,3,8-9H2,1-2H3,(H,28,30). The van der Waals surface area contributed by atoms with E-state index in [0.29, 0.717) is 34.7 Å². The van der Waals surface area contributed by atoms with Crippen LogP contribution in [0.5, 0.6) is 5.75 Å². The first kappa shape index (κ1) is 25.3. The van der Waals surface area contributed by atoms with E-state index in [4.69, 9.17) is 39.5 Å². The minimum atomic E-state index is -5.23. The van der Waals surface area contributed by atoms with Crippen LogP contribution in [-0.2, 0) is 15.0 Å². The maximum absolute atomic E-state index is 12.3. The molecule has 4 nitrogen and oxygen atoms in total. The molecule has 168 valence electrons. The summed E-state index contributed by atoms with van der Waals surface area (Å²) in [4.78, 5) is 22.4. The van der Waals surface area contributed by atoms with Gasteiger partial charge in [0.25, 0.3) is 0 Å². The highest BCUT2D eigenvalue weighted by atomic mass is 35.5.